The Morgan fingerprint density at radius 2 is 1.93 bits per heavy atom. The van der Waals surface area contributed by atoms with Gasteiger partial charge in [0.05, 0.1) is 11.7 Å². The summed E-state index contributed by atoms with van der Waals surface area (Å²) in [7, 11) is 0. The minimum absolute atomic E-state index is 0.0931. The van der Waals surface area contributed by atoms with Crippen LogP contribution in [0.5, 0.6) is 0 Å². The van der Waals surface area contributed by atoms with Gasteiger partial charge in [-0.2, -0.15) is 0 Å². The SMILES string of the molecule is C[C@@H]([NH2+]CC(=O)Nc1ccc(Cl)cc1C(=O)c1ccccc1)[C@H]1C[C@@H]2CC[C@H]1C2. The largest absolute Gasteiger partial charge is 0.336 e. The lowest BCUT2D eigenvalue weighted by Gasteiger charge is -2.26. The van der Waals surface area contributed by atoms with E-state index in [-0.39, 0.29) is 11.7 Å². The maximum Gasteiger partial charge on any atom is 0.279 e. The maximum absolute atomic E-state index is 12.9. The van der Waals surface area contributed by atoms with E-state index in [1.807, 2.05) is 18.2 Å². The van der Waals surface area contributed by atoms with Crippen molar-refractivity contribution in [2.24, 2.45) is 17.8 Å². The zero-order valence-corrected chi connectivity index (χ0v) is 17.5. The molecule has 1 amide bonds. The average Bonchev–Trinajstić information content (AvgIpc) is 3.37. The van der Waals surface area contributed by atoms with Crippen molar-refractivity contribution in [3.63, 3.8) is 0 Å². The van der Waals surface area contributed by atoms with Crippen LogP contribution in [0.3, 0.4) is 0 Å². The molecular formula is C24H28ClN2O2+. The van der Waals surface area contributed by atoms with Crippen LogP contribution in [-0.4, -0.2) is 24.3 Å². The van der Waals surface area contributed by atoms with E-state index in [2.05, 4.69) is 17.6 Å². The summed E-state index contributed by atoms with van der Waals surface area (Å²) in [6.45, 7) is 2.60. The molecule has 29 heavy (non-hydrogen) atoms. The highest BCUT2D eigenvalue weighted by Gasteiger charge is 2.43. The number of carbonyl (C=O) groups is 2. The summed E-state index contributed by atoms with van der Waals surface area (Å²) in [5.74, 6) is 2.25. The number of hydrogen-bond acceptors (Lipinski definition) is 2. The first kappa shape index (κ1) is 20.1. The van der Waals surface area contributed by atoms with E-state index in [0.29, 0.717) is 34.4 Å². The van der Waals surface area contributed by atoms with Crippen LogP contribution in [0, 0.1) is 17.8 Å². The number of amides is 1. The standard InChI is InChI=1S/C24H27ClN2O2/c1-15(20-12-16-7-8-18(20)11-16)26-14-23(28)27-22-10-9-19(25)13-21(22)24(29)17-5-3-2-4-6-17/h2-6,9-10,13,15-16,18,20,26H,7-8,11-12,14H2,1H3,(H,27,28)/p+1/t15-,16-,18+,20-/m1/s1. The second-order valence-corrected chi connectivity index (χ2v) is 9.01. The third-order valence-corrected chi connectivity index (χ3v) is 6.91. The summed E-state index contributed by atoms with van der Waals surface area (Å²) in [6, 6.07) is 14.5. The Morgan fingerprint density at radius 3 is 2.62 bits per heavy atom. The molecule has 2 saturated carbocycles. The van der Waals surface area contributed by atoms with Gasteiger partial charge in [0.25, 0.3) is 5.91 Å². The number of quaternary nitrogens is 1. The topological polar surface area (TPSA) is 62.8 Å². The Morgan fingerprint density at radius 1 is 1.14 bits per heavy atom. The van der Waals surface area contributed by atoms with Gasteiger partial charge in [-0.05, 0) is 56.2 Å². The highest BCUT2D eigenvalue weighted by molar-refractivity contribution is 6.31. The molecule has 2 aromatic carbocycles. The molecule has 2 aromatic rings. The number of fused-ring (bicyclic) bond motifs is 2. The van der Waals surface area contributed by atoms with E-state index in [1.54, 1.807) is 30.3 Å². The predicted octanol–water partition coefficient (Wildman–Crippen LogP) is 3.90. The van der Waals surface area contributed by atoms with Gasteiger partial charge in [0.2, 0.25) is 0 Å². The highest BCUT2D eigenvalue weighted by Crippen LogP contribution is 2.48. The number of anilines is 1. The fraction of sp³-hybridized carbons (Fsp3) is 0.417. The molecule has 2 aliphatic carbocycles. The Labute approximate surface area is 177 Å². The lowest BCUT2D eigenvalue weighted by molar-refractivity contribution is -0.683. The second kappa shape index (κ2) is 8.68. The van der Waals surface area contributed by atoms with Crippen LogP contribution >= 0.6 is 11.6 Å². The molecule has 0 radical (unpaired) electrons. The number of hydrogen-bond donors (Lipinski definition) is 2. The zero-order chi connectivity index (χ0) is 20.4. The lowest BCUT2D eigenvalue weighted by Crippen LogP contribution is -2.92. The Balaban J connectivity index is 1.40. The molecule has 4 rings (SSSR count). The van der Waals surface area contributed by atoms with Crippen molar-refractivity contribution in [2.45, 2.75) is 38.6 Å². The van der Waals surface area contributed by atoms with Crippen LogP contribution in [0.25, 0.3) is 0 Å². The number of carbonyl (C=O) groups excluding carboxylic acids is 2. The minimum atomic E-state index is -0.150. The highest BCUT2D eigenvalue weighted by atomic mass is 35.5. The first-order valence-corrected chi connectivity index (χ1v) is 10.9. The summed E-state index contributed by atoms with van der Waals surface area (Å²) in [4.78, 5) is 25.5. The summed E-state index contributed by atoms with van der Waals surface area (Å²) in [5, 5.41) is 5.54. The van der Waals surface area contributed by atoms with Crippen LogP contribution in [0.2, 0.25) is 5.02 Å². The van der Waals surface area contributed by atoms with E-state index in [0.717, 1.165) is 17.8 Å². The van der Waals surface area contributed by atoms with Gasteiger partial charge in [-0.1, -0.05) is 48.4 Å². The number of ketones is 1. The van der Waals surface area contributed by atoms with Gasteiger partial charge in [-0.3, -0.25) is 9.59 Å². The molecule has 0 saturated heterocycles. The Kier molecular flexibility index (Phi) is 6.02. The summed E-state index contributed by atoms with van der Waals surface area (Å²) < 4.78 is 0. The van der Waals surface area contributed by atoms with Crippen LogP contribution in [0.1, 0.15) is 48.5 Å². The fourth-order valence-corrected chi connectivity index (χ4v) is 5.34. The summed E-state index contributed by atoms with van der Waals surface area (Å²) in [6.07, 6.45) is 5.44. The number of nitrogens with one attached hydrogen (secondary N) is 1. The van der Waals surface area contributed by atoms with Gasteiger partial charge in [-0.15, -0.1) is 0 Å². The molecule has 0 spiro atoms. The van der Waals surface area contributed by atoms with Gasteiger partial charge in [-0.25, -0.2) is 0 Å². The molecule has 0 heterocycles. The van der Waals surface area contributed by atoms with E-state index in [1.165, 1.54) is 25.7 Å². The maximum atomic E-state index is 12.9. The Hall–Kier alpha value is -2.17. The van der Waals surface area contributed by atoms with Crippen molar-refractivity contribution >= 4 is 29.0 Å². The van der Waals surface area contributed by atoms with Crippen LogP contribution in [0.4, 0.5) is 5.69 Å². The molecule has 2 bridgehead atoms. The van der Waals surface area contributed by atoms with Crippen LogP contribution in [0.15, 0.2) is 48.5 Å². The van der Waals surface area contributed by atoms with E-state index < -0.39 is 0 Å². The van der Waals surface area contributed by atoms with Gasteiger partial charge >= 0.3 is 0 Å². The van der Waals surface area contributed by atoms with Crippen molar-refractivity contribution < 1.29 is 14.9 Å². The molecule has 0 unspecified atom stereocenters. The number of halogens is 1. The zero-order valence-electron chi connectivity index (χ0n) is 16.7. The molecule has 152 valence electrons. The number of nitrogens with two attached hydrogens (primary N) is 1. The summed E-state index contributed by atoms with van der Waals surface area (Å²) >= 11 is 6.12. The van der Waals surface area contributed by atoms with Gasteiger partial charge in [0.1, 0.15) is 0 Å². The lowest BCUT2D eigenvalue weighted by atomic mass is 9.84. The molecule has 4 nitrogen and oxygen atoms in total. The van der Waals surface area contributed by atoms with Crippen molar-refractivity contribution in [1.82, 2.24) is 0 Å². The van der Waals surface area contributed by atoms with Gasteiger partial charge in [0, 0.05) is 22.1 Å². The third kappa shape index (κ3) is 4.54. The molecule has 0 aromatic heterocycles. The van der Waals surface area contributed by atoms with E-state index in [9.17, 15) is 9.59 Å². The first-order valence-electron chi connectivity index (χ1n) is 10.5. The molecule has 5 heteroatoms. The quantitative estimate of drug-likeness (QED) is 0.679. The number of benzene rings is 2. The van der Waals surface area contributed by atoms with E-state index >= 15 is 0 Å². The smallest absolute Gasteiger partial charge is 0.279 e. The van der Waals surface area contributed by atoms with Crippen molar-refractivity contribution in [1.29, 1.82) is 0 Å². The molecule has 2 fully saturated rings. The minimum Gasteiger partial charge on any atom is -0.336 e. The van der Waals surface area contributed by atoms with E-state index in [4.69, 9.17) is 11.6 Å². The molecule has 4 atom stereocenters. The third-order valence-electron chi connectivity index (χ3n) is 6.68. The molecule has 2 aliphatic rings. The van der Waals surface area contributed by atoms with Crippen LogP contribution in [-0.2, 0) is 4.79 Å². The number of rotatable bonds is 7. The van der Waals surface area contributed by atoms with Crippen molar-refractivity contribution in [3.05, 3.63) is 64.7 Å². The van der Waals surface area contributed by atoms with Gasteiger partial charge < -0.3 is 10.6 Å². The second-order valence-electron chi connectivity index (χ2n) is 8.57. The predicted molar refractivity (Wildman–Crippen MR) is 115 cm³/mol. The molecule has 0 aliphatic heterocycles. The fourth-order valence-electron chi connectivity index (χ4n) is 5.17. The average molecular weight is 412 g/mol. The summed E-state index contributed by atoms with van der Waals surface area (Å²) in [5.41, 5.74) is 1.49. The van der Waals surface area contributed by atoms with Crippen molar-refractivity contribution in [2.75, 3.05) is 11.9 Å². The van der Waals surface area contributed by atoms with Crippen molar-refractivity contribution in [3.8, 4) is 0 Å². The molecular weight excluding hydrogens is 384 g/mol. The monoisotopic (exact) mass is 411 g/mol. The first-order chi connectivity index (χ1) is 14.0. The molecule has 3 N–H and O–H groups in total. The Bertz CT molecular complexity index is 899. The normalized spacial score (nSPS) is 23.7. The van der Waals surface area contributed by atoms with Crippen LogP contribution < -0.4 is 10.6 Å². The van der Waals surface area contributed by atoms with Gasteiger partial charge in [0.15, 0.2) is 12.3 Å².